The van der Waals surface area contributed by atoms with E-state index in [0.29, 0.717) is 0 Å². The van der Waals surface area contributed by atoms with Crippen molar-refractivity contribution in [1.29, 1.82) is 0 Å². The Morgan fingerprint density at radius 2 is 1.40 bits per heavy atom. The van der Waals surface area contributed by atoms with E-state index in [1.165, 1.54) is 89.0 Å². The second kappa shape index (κ2) is 10.2. The van der Waals surface area contributed by atoms with Crippen molar-refractivity contribution in [3.63, 3.8) is 0 Å². The van der Waals surface area contributed by atoms with Crippen LogP contribution in [0, 0.1) is 11.8 Å². The van der Waals surface area contributed by atoms with Gasteiger partial charge in [-0.2, -0.15) is 0 Å². The predicted molar refractivity (Wildman–Crippen MR) is 110 cm³/mol. The average Bonchev–Trinajstić information content (AvgIpc) is 2.68. The molecule has 0 atom stereocenters. The Hall–Kier alpha value is -1.04. The van der Waals surface area contributed by atoms with Gasteiger partial charge in [0.05, 0.1) is 0 Å². The summed E-state index contributed by atoms with van der Waals surface area (Å²) in [6, 6.07) is 9.62. The third-order valence-corrected chi connectivity index (χ3v) is 6.60. The van der Waals surface area contributed by atoms with Crippen LogP contribution in [0.5, 0.6) is 0 Å². The Morgan fingerprint density at radius 1 is 0.760 bits per heavy atom. The molecule has 2 aliphatic carbocycles. The van der Waals surface area contributed by atoms with E-state index in [0.717, 1.165) is 17.8 Å². The molecule has 1 aromatic rings. The van der Waals surface area contributed by atoms with Gasteiger partial charge in [-0.3, -0.25) is 0 Å². The summed E-state index contributed by atoms with van der Waals surface area (Å²) in [6.07, 6.45) is 23.3. The number of unbranched alkanes of at least 4 members (excludes halogenated alkanes) is 2. The van der Waals surface area contributed by atoms with Gasteiger partial charge in [0.1, 0.15) is 0 Å². The molecule has 0 N–H and O–H groups in total. The van der Waals surface area contributed by atoms with Crippen LogP contribution in [-0.4, -0.2) is 0 Å². The van der Waals surface area contributed by atoms with Crippen molar-refractivity contribution in [1.82, 2.24) is 0 Å². The Kier molecular flexibility index (Phi) is 7.64. The molecule has 0 aliphatic heterocycles. The van der Waals surface area contributed by atoms with Gasteiger partial charge in [-0.1, -0.05) is 75.4 Å². The van der Waals surface area contributed by atoms with Gasteiger partial charge >= 0.3 is 0 Å². The molecule has 1 aromatic carbocycles. The van der Waals surface area contributed by atoms with Gasteiger partial charge in [-0.05, 0) is 80.2 Å². The molecule has 2 saturated carbocycles. The SMILES string of the molecule is CCCCCc1ccc(C2CCC(C=CC3CCCCC3)CC2)cc1. The lowest BCUT2D eigenvalue weighted by Gasteiger charge is -2.28. The van der Waals surface area contributed by atoms with Gasteiger partial charge in [-0.25, -0.2) is 0 Å². The van der Waals surface area contributed by atoms with E-state index < -0.39 is 0 Å². The standard InChI is InChI=1S/C25H38/c1-2-3-5-8-22-13-17-24(18-14-22)25-19-15-23(16-20-25)12-11-21-9-6-4-7-10-21/h11-14,17-18,21,23,25H,2-10,15-16,19-20H2,1H3. The van der Waals surface area contributed by atoms with Crippen molar-refractivity contribution in [2.24, 2.45) is 11.8 Å². The summed E-state index contributed by atoms with van der Waals surface area (Å²) in [5.41, 5.74) is 3.12. The van der Waals surface area contributed by atoms with Crippen molar-refractivity contribution in [2.45, 2.75) is 96.3 Å². The first-order valence-corrected chi connectivity index (χ1v) is 11.1. The molecule has 3 rings (SSSR count). The van der Waals surface area contributed by atoms with Gasteiger partial charge in [0.25, 0.3) is 0 Å². The fourth-order valence-electron chi connectivity index (χ4n) is 4.82. The average molecular weight is 339 g/mol. The lowest BCUT2D eigenvalue weighted by Crippen LogP contribution is -2.12. The van der Waals surface area contributed by atoms with Crippen molar-refractivity contribution >= 4 is 0 Å². The van der Waals surface area contributed by atoms with Crippen molar-refractivity contribution in [3.8, 4) is 0 Å². The van der Waals surface area contributed by atoms with Crippen LogP contribution in [0.2, 0.25) is 0 Å². The minimum absolute atomic E-state index is 0.809. The number of benzene rings is 1. The molecular weight excluding hydrogens is 300 g/mol. The molecule has 2 fully saturated rings. The summed E-state index contributed by atoms with van der Waals surface area (Å²) in [5, 5.41) is 0. The molecule has 0 amide bonds. The van der Waals surface area contributed by atoms with Gasteiger partial charge in [0.2, 0.25) is 0 Å². The predicted octanol–water partition coefficient (Wildman–Crippen LogP) is 7.83. The zero-order valence-corrected chi connectivity index (χ0v) is 16.4. The number of hydrogen-bond donors (Lipinski definition) is 0. The van der Waals surface area contributed by atoms with E-state index in [-0.39, 0.29) is 0 Å². The summed E-state index contributed by atoms with van der Waals surface area (Å²) in [6.45, 7) is 2.28. The first kappa shape index (κ1) is 18.7. The van der Waals surface area contributed by atoms with Crippen molar-refractivity contribution in [2.75, 3.05) is 0 Å². The maximum atomic E-state index is 2.59. The molecule has 0 heteroatoms. The van der Waals surface area contributed by atoms with Crippen LogP contribution in [0.1, 0.15) is 101 Å². The van der Waals surface area contributed by atoms with Crippen LogP contribution in [0.25, 0.3) is 0 Å². The first-order chi connectivity index (χ1) is 12.3. The van der Waals surface area contributed by atoms with Crippen LogP contribution in [-0.2, 0) is 6.42 Å². The Bertz CT molecular complexity index is 495. The second-order valence-corrected chi connectivity index (χ2v) is 8.59. The number of aryl methyl sites for hydroxylation is 1. The third-order valence-electron chi connectivity index (χ3n) is 6.60. The summed E-state index contributed by atoms with van der Waals surface area (Å²) in [5.74, 6) is 2.56. The highest BCUT2D eigenvalue weighted by Gasteiger charge is 2.21. The zero-order valence-electron chi connectivity index (χ0n) is 16.4. The monoisotopic (exact) mass is 338 g/mol. The maximum absolute atomic E-state index is 2.59. The molecule has 0 heterocycles. The lowest BCUT2D eigenvalue weighted by atomic mass is 9.78. The topological polar surface area (TPSA) is 0 Å². The molecule has 0 aromatic heterocycles. The molecule has 0 saturated heterocycles. The highest BCUT2D eigenvalue weighted by molar-refractivity contribution is 5.26. The summed E-state index contributed by atoms with van der Waals surface area (Å²) in [4.78, 5) is 0. The summed E-state index contributed by atoms with van der Waals surface area (Å²) >= 11 is 0. The number of hydrogen-bond acceptors (Lipinski definition) is 0. The molecule has 0 unspecified atom stereocenters. The minimum atomic E-state index is 0.809. The van der Waals surface area contributed by atoms with E-state index in [2.05, 4.69) is 43.3 Å². The Labute approximate surface area is 156 Å². The van der Waals surface area contributed by atoms with Gasteiger partial charge < -0.3 is 0 Å². The lowest BCUT2D eigenvalue weighted by molar-refractivity contribution is 0.370. The highest BCUT2D eigenvalue weighted by atomic mass is 14.3. The van der Waals surface area contributed by atoms with E-state index in [1.54, 1.807) is 5.56 Å². The van der Waals surface area contributed by atoms with E-state index in [1.807, 2.05) is 0 Å². The van der Waals surface area contributed by atoms with Gasteiger partial charge in [0, 0.05) is 0 Å². The molecule has 138 valence electrons. The normalized spacial score (nSPS) is 25.5. The van der Waals surface area contributed by atoms with Crippen LogP contribution >= 0.6 is 0 Å². The van der Waals surface area contributed by atoms with Crippen molar-refractivity contribution in [3.05, 3.63) is 47.5 Å². The van der Waals surface area contributed by atoms with E-state index >= 15 is 0 Å². The molecule has 0 radical (unpaired) electrons. The minimum Gasteiger partial charge on any atom is -0.0851 e. The zero-order chi connectivity index (χ0) is 17.3. The van der Waals surface area contributed by atoms with Gasteiger partial charge in [-0.15, -0.1) is 0 Å². The fourth-order valence-corrected chi connectivity index (χ4v) is 4.82. The summed E-state index contributed by atoms with van der Waals surface area (Å²) in [7, 11) is 0. The quantitative estimate of drug-likeness (QED) is 0.351. The third kappa shape index (κ3) is 6.01. The smallest absolute Gasteiger partial charge is 0.0162 e. The van der Waals surface area contributed by atoms with Crippen LogP contribution < -0.4 is 0 Å². The fraction of sp³-hybridized carbons (Fsp3) is 0.680. The maximum Gasteiger partial charge on any atom is -0.0162 e. The van der Waals surface area contributed by atoms with E-state index in [9.17, 15) is 0 Å². The number of allylic oxidation sites excluding steroid dienone is 2. The molecule has 25 heavy (non-hydrogen) atoms. The van der Waals surface area contributed by atoms with E-state index in [4.69, 9.17) is 0 Å². The largest absolute Gasteiger partial charge is 0.0851 e. The van der Waals surface area contributed by atoms with Gasteiger partial charge in [0.15, 0.2) is 0 Å². The van der Waals surface area contributed by atoms with Crippen molar-refractivity contribution < 1.29 is 0 Å². The molecule has 0 bridgehead atoms. The molecule has 0 nitrogen and oxygen atoms in total. The molecule has 2 aliphatic rings. The van der Waals surface area contributed by atoms with Crippen LogP contribution in [0.15, 0.2) is 36.4 Å². The molecular formula is C25H38. The first-order valence-electron chi connectivity index (χ1n) is 11.1. The highest BCUT2D eigenvalue weighted by Crippen LogP contribution is 2.37. The Balaban J connectivity index is 1.43. The van der Waals surface area contributed by atoms with Crippen LogP contribution in [0.4, 0.5) is 0 Å². The number of rotatable bonds is 7. The molecule has 0 spiro atoms. The van der Waals surface area contributed by atoms with Crippen LogP contribution in [0.3, 0.4) is 0 Å². The Morgan fingerprint density at radius 3 is 2.04 bits per heavy atom. The second-order valence-electron chi connectivity index (χ2n) is 8.59. The summed E-state index contributed by atoms with van der Waals surface area (Å²) < 4.78 is 0.